The van der Waals surface area contributed by atoms with E-state index in [4.69, 9.17) is 10.8 Å². The van der Waals surface area contributed by atoms with Crippen LogP contribution in [0.3, 0.4) is 0 Å². The van der Waals surface area contributed by atoms with Crippen LogP contribution >= 0.6 is 0 Å². The van der Waals surface area contributed by atoms with Gasteiger partial charge in [-0.25, -0.2) is 4.79 Å². The zero-order chi connectivity index (χ0) is 13.8. The van der Waals surface area contributed by atoms with Gasteiger partial charge in [-0.15, -0.1) is 0 Å². The molecule has 0 saturated heterocycles. The Bertz CT molecular complexity index is 595. The van der Waals surface area contributed by atoms with Gasteiger partial charge in [0, 0.05) is 31.8 Å². The van der Waals surface area contributed by atoms with E-state index in [-0.39, 0.29) is 6.03 Å². The molecule has 0 atom stereocenters. The van der Waals surface area contributed by atoms with Crippen LogP contribution in [0, 0.1) is 0 Å². The maximum atomic E-state index is 11.7. The molecule has 2 rings (SSSR count). The number of rotatable bonds is 4. The van der Waals surface area contributed by atoms with Crippen molar-refractivity contribution in [3.8, 4) is 5.75 Å². The topological polar surface area (TPSA) is 52.5 Å². The van der Waals surface area contributed by atoms with Crippen LogP contribution in [-0.2, 0) is 4.74 Å². The predicted octanol–water partition coefficient (Wildman–Crippen LogP) is 1.85. The van der Waals surface area contributed by atoms with E-state index in [0.717, 1.165) is 5.39 Å². The molecule has 0 bridgehead atoms. The van der Waals surface area contributed by atoms with E-state index >= 15 is 0 Å². The SMILES string of the molecule is [2H]c1cc2ccn(C(=O)NC)c2cc1OCCOC. The van der Waals surface area contributed by atoms with Crippen LogP contribution in [0.15, 0.2) is 30.4 Å². The molecule has 0 fully saturated rings. The third-order valence-electron chi connectivity index (χ3n) is 2.57. The van der Waals surface area contributed by atoms with Crippen LogP contribution in [0.25, 0.3) is 10.9 Å². The minimum atomic E-state index is -0.226. The van der Waals surface area contributed by atoms with Gasteiger partial charge in [-0.05, 0) is 18.2 Å². The van der Waals surface area contributed by atoms with E-state index in [1.54, 1.807) is 38.6 Å². The molecule has 1 amide bonds. The lowest BCUT2D eigenvalue weighted by atomic mass is 10.2. The van der Waals surface area contributed by atoms with E-state index in [9.17, 15) is 4.79 Å². The van der Waals surface area contributed by atoms with Gasteiger partial charge in [0.25, 0.3) is 0 Å². The first-order valence-corrected chi connectivity index (χ1v) is 5.63. The Morgan fingerprint density at radius 1 is 1.50 bits per heavy atom. The Hall–Kier alpha value is -2.01. The highest BCUT2D eigenvalue weighted by Gasteiger charge is 2.07. The molecule has 1 aromatic carbocycles. The zero-order valence-corrected chi connectivity index (χ0v) is 10.4. The molecule has 18 heavy (non-hydrogen) atoms. The van der Waals surface area contributed by atoms with Gasteiger partial charge in [-0.2, -0.15) is 0 Å². The molecule has 1 N–H and O–H groups in total. The fourth-order valence-corrected chi connectivity index (χ4v) is 1.67. The molecule has 96 valence electrons. The number of aromatic nitrogens is 1. The van der Waals surface area contributed by atoms with Crippen LogP contribution in [-0.4, -0.2) is 38.0 Å². The summed E-state index contributed by atoms with van der Waals surface area (Å²) in [5, 5.41) is 3.39. The summed E-state index contributed by atoms with van der Waals surface area (Å²) in [6, 6.07) is 5.23. The van der Waals surface area contributed by atoms with Crippen molar-refractivity contribution in [1.82, 2.24) is 9.88 Å². The Balaban J connectivity index is 2.37. The van der Waals surface area contributed by atoms with Crippen LogP contribution in [0.2, 0.25) is 0 Å². The van der Waals surface area contributed by atoms with Crippen LogP contribution in [0.1, 0.15) is 1.37 Å². The fourth-order valence-electron chi connectivity index (χ4n) is 1.67. The summed E-state index contributed by atoms with van der Waals surface area (Å²) in [5.41, 5.74) is 0.711. The largest absolute Gasteiger partial charge is 0.491 e. The van der Waals surface area contributed by atoms with Crippen molar-refractivity contribution in [2.75, 3.05) is 27.4 Å². The van der Waals surface area contributed by atoms with E-state index in [0.29, 0.717) is 30.5 Å². The number of nitrogens with one attached hydrogen (secondary N) is 1. The van der Waals surface area contributed by atoms with E-state index < -0.39 is 0 Å². The van der Waals surface area contributed by atoms with Gasteiger partial charge in [0.2, 0.25) is 0 Å². The molecule has 0 radical (unpaired) electrons. The standard InChI is InChI=1S/C13H16N2O3/c1-14-13(16)15-6-5-10-3-4-11(9-12(10)15)18-8-7-17-2/h3-6,9H,7-8H2,1-2H3,(H,14,16)/i4D. The van der Waals surface area contributed by atoms with Crippen molar-refractivity contribution in [1.29, 1.82) is 0 Å². The van der Waals surface area contributed by atoms with Crippen molar-refractivity contribution in [2.24, 2.45) is 0 Å². The predicted molar refractivity (Wildman–Crippen MR) is 69.2 cm³/mol. The summed E-state index contributed by atoms with van der Waals surface area (Å²) in [4.78, 5) is 11.7. The molecule has 5 nitrogen and oxygen atoms in total. The number of methoxy groups -OCH3 is 1. The van der Waals surface area contributed by atoms with Crippen LogP contribution < -0.4 is 10.1 Å². The second kappa shape index (κ2) is 5.55. The Labute approximate surface area is 107 Å². The number of nitrogens with zero attached hydrogens (tertiary/aromatic N) is 1. The minimum Gasteiger partial charge on any atom is -0.491 e. The van der Waals surface area contributed by atoms with Crippen LogP contribution in [0.5, 0.6) is 5.75 Å². The number of benzene rings is 1. The number of carbonyl (C=O) groups is 1. The molecule has 1 aromatic heterocycles. The molecule has 5 heteroatoms. The van der Waals surface area contributed by atoms with E-state index in [1.807, 2.05) is 0 Å². The third kappa shape index (κ3) is 2.46. The van der Waals surface area contributed by atoms with Crippen molar-refractivity contribution in [3.63, 3.8) is 0 Å². The molecular formula is C13H16N2O3. The number of hydrogen-bond acceptors (Lipinski definition) is 3. The summed E-state index contributed by atoms with van der Waals surface area (Å²) >= 11 is 0. The first kappa shape index (κ1) is 11.1. The Kier molecular flexibility index (Phi) is 3.42. The lowest BCUT2D eigenvalue weighted by molar-refractivity contribution is 0.146. The highest BCUT2D eigenvalue weighted by Crippen LogP contribution is 2.21. The molecule has 0 aliphatic carbocycles. The molecule has 0 spiro atoms. The van der Waals surface area contributed by atoms with Gasteiger partial charge in [-0.1, -0.05) is 0 Å². The number of carbonyl (C=O) groups excluding carboxylic acids is 1. The summed E-state index contributed by atoms with van der Waals surface area (Å²) in [6.07, 6.45) is 1.67. The second-order valence-electron chi connectivity index (χ2n) is 3.72. The van der Waals surface area contributed by atoms with Gasteiger partial charge in [0.1, 0.15) is 12.4 Å². The quantitative estimate of drug-likeness (QED) is 0.841. The second-order valence-corrected chi connectivity index (χ2v) is 3.72. The molecule has 0 saturated carbocycles. The molecule has 0 unspecified atom stereocenters. The fraction of sp³-hybridized carbons (Fsp3) is 0.308. The summed E-state index contributed by atoms with van der Waals surface area (Å²) in [5.74, 6) is 0.438. The highest BCUT2D eigenvalue weighted by molar-refractivity contribution is 5.92. The van der Waals surface area contributed by atoms with Crippen molar-refractivity contribution in [2.45, 2.75) is 0 Å². The highest BCUT2D eigenvalue weighted by atomic mass is 16.5. The summed E-state index contributed by atoms with van der Waals surface area (Å²) in [6.45, 7) is 0.822. The minimum absolute atomic E-state index is 0.226. The van der Waals surface area contributed by atoms with Crippen molar-refractivity contribution >= 4 is 16.9 Å². The van der Waals surface area contributed by atoms with Gasteiger partial charge >= 0.3 is 6.03 Å². The third-order valence-corrected chi connectivity index (χ3v) is 2.57. The Morgan fingerprint density at radius 3 is 3.06 bits per heavy atom. The number of amides is 1. The molecule has 1 heterocycles. The van der Waals surface area contributed by atoms with Gasteiger partial charge in [0.05, 0.1) is 13.5 Å². The van der Waals surface area contributed by atoms with Crippen molar-refractivity contribution < 1.29 is 15.6 Å². The van der Waals surface area contributed by atoms with Crippen LogP contribution in [0.4, 0.5) is 4.79 Å². The summed E-state index contributed by atoms with van der Waals surface area (Å²) in [7, 11) is 3.16. The lowest BCUT2D eigenvalue weighted by Crippen LogP contribution is -2.23. The average molecular weight is 249 g/mol. The first-order chi connectivity index (χ1) is 9.17. The molecule has 0 aliphatic heterocycles. The maximum absolute atomic E-state index is 11.7. The number of hydrogen-bond donors (Lipinski definition) is 1. The van der Waals surface area contributed by atoms with Gasteiger partial charge in [-0.3, -0.25) is 4.57 Å². The zero-order valence-electron chi connectivity index (χ0n) is 11.4. The van der Waals surface area contributed by atoms with E-state index in [2.05, 4.69) is 5.32 Å². The normalized spacial score (nSPS) is 11.3. The molecule has 2 aromatic rings. The average Bonchev–Trinajstić information content (AvgIpc) is 2.81. The summed E-state index contributed by atoms with van der Waals surface area (Å²) < 4.78 is 19.7. The van der Waals surface area contributed by atoms with Gasteiger partial charge < -0.3 is 14.8 Å². The first-order valence-electron chi connectivity index (χ1n) is 6.13. The molecular weight excluding hydrogens is 232 g/mol. The number of fused-ring (bicyclic) bond motifs is 1. The van der Waals surface area contributed by atoms with Gasteiger partial charge in [0.15, 0.2) is 0 Å². The smallest absolute Gasteiger partial charge is 0.325 e. The van der Waals surface area contributed by atoms with E-state index in [1.165, 1.54) is 4.57 Å². The number of ether oxygens (including phenoxy) is 2. The monoisotopic (exact) mass is 249 g/mol. The van der Waals surface area contributed by atoms with Crippen molar-refractivity contribution in [3.05, 3.63) is 30.4 Å². The Morgan fingerprint density at radius 2 is 2.33 bits per heavy atom. The molecule has 0 aliphatic rings. The maximum Gasteiger partial charge on any atom is 0.325 e. The lowest BCUT2D eigenvalue weighted by Gasteiger charge is -2.07.